The number of nitrogens with zero attached hydrogens (tertiary/aromatic N) is 3. The molecule has 3 aromatic rings. The van der Waals surface area contributed by atoms with E-state index in [1.807, 2.05) is 27.7 Å². The maximum Gasteiger partial charge on any atom is 0.154 e. The zero-order valence-corrected chi connectivity index (χ0v) is 14.1. The van der Waals surface area contributed by atoms with E-state index in [9.17, 15) is 9.90 Å². The molecule has 0 unspecified atom stereocenters. The number of carbonyl (C=O) groups is 1. The third-order valence-electron chi connectivity index (χ3n) is 3.98. The van der Waals surface area contributed by atoms with E-state index < -0.39 is 0 Å². The lowest BCUT2D eigenvalue weighted by Crippen LogP contribution is -2.01. The van der Waals surface area contributed by atoms with Crippen LogP contribution in [-0.2, 0) is 0 Å². The van der Waals surface area contributed by atoms with Gasteiger partial charge in [-0.1, -0.05) is 19.0 Å². The van der Waals surface area contributed by atoms with E-state index in [1.165, 1.54) is 0 Å². The third kappa shape index (κ3) is 2.50. The molecule has 1 aromatic carbocycles. The summed E-state index contributed by atoms with van der Waals surface area (Å²) >= 11 is 0. The first kappa shape index (κ1) is 16.0. The molecule has 3 rings (SSSR count). The zero-order valence-electron chi connectivity index (χ0n) is 14.1. The van der Waals surface area contributed by atoms with Crippen molar-refractivity contribution < 1.29 is 14.4 Å². The molecule has 0 aliphatic rings. The van der Waals surface area contributed by atoms with Gasteiger partial charge in [0.1, 0.15) is 11.5 Å². The van der Waals surface area contributed by atoms with Gasteiger partial charge in [0, 0.05) is 0 Å². The highest BCUT2D eigenvalue weighted by Crippen LogP contribution is 2.35. The van der Waals surface area contributed by atoms with Crippen molar-refractivity contribution in [3.8, 4) is 22.7 Å². The minimum absolute atomic E-state index is 0.0859. The monoisotopic (exact) mass is 325 g/mol. The second-order valence-corrected chi connectivity index (χ2v) is 6.05. The van der Waals surface area contributed by atoms with Gasteiger partial charge in [0.25, 0.3) is 0 Å². The molecule has 0 saturated carbocycles. The summed E-state index contributed by atoms with van der Waals surface area (Å²) in [4.78, 5) is 11.8. The van der Waals surface area contributed by atoms with E-state index in [4.69, 9.17) is 4.52 Å². The number of carbonyl (C=O) groups excluding carboxylic acids is 1. The molecule has 2 heterocycles. The van der Waals surface area contributed by atoms with Gasteiger partial charge in [-0.25, -0.2) is 4.68 Å². The average Bonchev–Trinajstić information content (AvgIpc) is 3.08. The van der Waals surface area contributed by atoms with Gasteiger partial charge in [-0.2, -0.15) is 5.10 Å². The Morgan fingerprint density at radius 3 is 2.38 bits per heavy atom. The van der Waals surface area contributed by atoms with Gasteiger partial charge in [0.2, 0.25) is 0 Å². The van der Waals surface area contributed by atoms with Gasteiger partial charge >= 0.3 is 0 Å². The largest absolute Gasteiger partial charge is 0.508 e. The maximum absolute atomic E-state index is 11.8. The van der Waals surface area contributed by atoms with Crippen LogP contribution in [0.2, 0.25) is 0 Å². The molecule has 0 aliphatic heterocycles. The number of aromatic hydroxyl groups is 1. The number of phenolic OH excluding ortho intramolecular Hbond substituents is 1. The van der Waals surface area contributed by atoms with Crippen molar-refractivity contribution in [1.29, 1.82) is 0 Å². The number of benzene rings is 1. The SMILES string of the molecule is Cc1noc(C)c1-c1c(C=O)c(C(C)C)nn1-c1ccc(O)cc1. The molecule has 0 bridgehead atoms. The lowest BCUT2D eigenvalue weighted by atomic mass is 10.0. The Morgan fingerprint density at radius 2 is 1.88 bits per heavy atom. The molecule has 0 amide bonds. The highest BCUT2D eigenvalue weighted by atomic mass is 16.5. The average molecular weight is 325 g/mol. The predicted molar refractivity (Wildman–Crippen MR) is 89.7 cm³/mol. The fraction of sp³-hybridized carbons (Fsp3) is 0.278. The Bertz CT molecular complexity index is 870. The van der Waals surface area contributed by atoms with Crippen LogP contribution in [0, 0.1) is 13.8 Å². The van der Waals surface area contributed by atoms with Gasteiger partial charge in [-0.15, -0.1) is 0 Å². The second kappa shape index (κ2) is 5.96. The number of aldehydes is 1. The summed E-state index contributed by atoms with van der Waals surface area (Å²) in [5, 5.41) is 18.2. The van der Waals surface area contributed by atoms with Crippen LogP contribution in [0.5, 0.6) is 5.75 Å². The van der Waals surface area contributed by atoms with Crippen LogP contribution < -0.4 is 0 Å². The van der Waals surface area contributed by atoms with Crippen LogP contribution in [0.4, 0.5) is 0 Å². The quantitative estimate of drug-likeness (QED) is 0.738. The molecular formula is C18H19N3O3. The molecule has 24 heavy (non-hydrogen) atoms. The van der Waals surface area contributed by atoms with Crippen LogP contribution in [0.1, 0.15) is 47.3 Å². The van der Waals surface area contributed by atoms with Crippen molar-refractivity contribution in [1.82, 2.24) is 14.9 Å². The molecular weight excluding hydrogens is 306 g/mol. The van der Waals surface area contributed by atoms with Crippen LogP contribution in [0.25, 0.3) is 16.9 Å². The summed E-state index contributed by atoms with van der Waals surface area (Å²) in [5.41, 5.74) is 4.13. The van der Waals surface area contributed by atoms with E-state index in [0.717, 1.165) is 17.5 Å². The summed E-state index contributed by atoms with van der Waals surface area (Å²) in [6.07, 6.45) is 0.834. The lowest BCUT2D eigenvalue weighted by molar-refractivity contribution is 0.112. The molecule has 1 N–H and O–H groups in total. The van der Waals surface area contributed by atoms with E-state index in [-0.39, 0.29) is 11.7 Å². The molecule has 0 saturated heterocycles. The van der Waals surface area contributed by atoms with Crippen LogP contribution in [-0.4, -0.2) is 26.3 Å². The molecule has 6 heteroatoms. The van der Waals surface area contributed by atoms with Gasteiger partial charge in [0.05, 0.1) is 33.9 Å². The molecule has 6 nitrogen and oxygen atoms in total. The predicted octanol–water partition coefficient (Wildman–Crippen LogP) is 3.79. The minimum atomic E-state index is 0.0859. The Labute approximate surface area is 139 Å². The standard InChI is InChI=1S/C18H19N3O3/c1-10(2)17-15(9-22)18(16-11(3)20-24-12(16)4)21(19-17)13-5-7-14(23)8-6-13/h5-10,23H,1-4H3. The number of rotatable bonds is 4. The first-order valence-electron chi connectivity index (χ1n) is 7.74. The van der Waals surface area contributed by atoms with Crippen LogP contribution in [0.3, 0.4) is 0 Å². The summed E-state index contributed by atoms with van der Waals surface area (Å²) in [7, 11) is 0. The number of phenols is 1. The lowest BCUT2D eigenvalue weighted by Gasteiger charge is -2.08. The molecule has 0 fully saturated rings. The first-order chi connectivity index (χ1) is 11.4. The second-order valence-electron chi connectivity index (χ2n) is 6.05. The Hall–Kier alpha value is -2.89. The van der Waals surface area contributed by atoms with E-state index in [0.29, 0.717) is 28.4 Å². The van der Waals surface area contributed by atoms with Crippen molar-refractivity contribution in [2.45, 2.75) is 33.6 Å². The normalized spacial score (nSPS) is 11.2. The van der Waals surface area contributed by atoms with E-state index >= 15 is 0 Å². The van der Waals surface area contributed by atoms with Crippen molar-refractivity contribution in [3.63, 3.8) is 0 Å². The molecule has 124 valence electrons. The number of aromatic nitrogens is 3. The van der Waals surface area contributed by atoms with E-state index in [1.54, 1.807) is 28.9 Å². The summed E-state index contributed by atoms with van der Waals surface area (Å²) in [6, 6.07) is 6.68. The Kier molecular flexibility index (Phi) is 3.97. The number of aryl methyl sites for hydroxylation is 2. The van der Waals surface area contributed by atoms with E-state index in [2.05, 4.69) is 10.3 Å². The molecule has 2 aromatic heterocycles. The molecule has 0 spiro atoms. The van der Waals surface area contributed by atoms with Crippen molar-refractivity contribution in [2.75, 3.05) is 0 Å². The fourth-order valence-corrected chi connectivity index (χ4v) is 2.83. The zero-order chi connectivity index (χ0) is 17.4. The summed E-state index contributed by atoms with van der Waals surface area (Å²) < 4.78 is 7.00. The maximum atomic E-state index is 11.8. The van der Waals surface area contributed by atoms with Crippen LogP contribution in [0.15, 0.2) is 28.8 Å². The highest BCUT2D eigenvalue weighted by molar-refractivity contribution is 5.89. The fourth-order valence-electron chi connectivity index (χ4n) is 2.83. The molecule has 0 atom stereocenters. The Morgan fingerprint density at radius 1 is 1.21 bits per heavy atom. The van der Waals surface area contributed by atoms with Gasteiger partial charge < -0.3 is 9.63 Å². The van der Waals surface area contributed by atoms with Crippen molar-refractivity contribution >= 4 is 6.29 Å². The van der Waals surface area contributed by atoms with Crippen LogP contribution >= 0.6 is 0 Å². The van der Waals surface area contributed by atoms with Gasteiger partial charge in [-0.3, -0.25) is 4.79 Å². The number of hydrogen-bond donors (Lipinski definition) is 1. The summed E-state index contributed by atoms with van der Waals surface area (Å²) in [6.45, 7) is 7.64. The van der Waals surface area contributed by atoms with Crippen molar-refractivity contribution in [2.24, 2.45) is 0 Å². The minimum Gasteiger partial charge on any atom is -0.508 e. The topological polar surface area (TPSA) is 81.2 Å². The molecule has 0 aliphatic carbocycles. The molecule has 0 radical (unpaired) electrons. The smallest absolute Gasteiger partial charge is 0.154 e. The van der Waals surface area contributed by atoms with Crippen molar-refractivity contribution in [3.05, 3.63) is 47.0 Å². The highest BCUT2D eigenvalue weighted by Gasteiger charge is 2.26. The number of hydrogen-bond acceptors (Lipinski definition) is 5. The Balaban J connectivity index is 2.36. The third-order valence-corrected chi connectivity index (χ3v) is 3.98. The van der Waals surface area contributed by atoms with Gasteiger partial charge in [-0.05, 0) is 44.0 Å². The van der Waals surface area contributed by atoms with Gasteiger partial charge in [0.15, 0.2) is 6.29 Å². The summed E-state index contributed by atoms with van der Waals surface area (Å²) in [5.74, 6) is 0.887. The first-order valence-corrected chi connectivity index (χ1v) is 7.74.